The molecular weight excluding hydrogens is 638 g/mol. The molecule has 218 valence electrons. The average molecular weight is 665 g/mol. The van der Waals surface area contributed by atoms with Crippen molar-refractivity contribution in [3.63, 3.8) is 0 Å². The molecule has 2 heterocycles. The van der Waals surface area contributed by atoms with Gasteiger partial charge in [-0.1, -0.05) is 94.9 Å². The number of nitrogens with zero attached hydrogens (tertiary/aromatic N) is 1. The third-order valence-electron chi connectivity index (χ3n) is 7.45. The van der Waals surface area contributed by atoms with E-state index in [-0.39, 0.29) is 37.2 Å². The van der Waals surface area contributed by atoms with Gasteiger partial charge in [0.25, 0.3) is 0 Å². The molecule has 4 aromatic rings. The fourth-order valence-electron chi connectivity index (χ4n) is 5.46. The molecule has 0 saturated carbocycles. The van der Waals surface area contributed by atoms with Gasteiger partial charge in [0, 0.05) is 35.1 Å². The third kappa shape index (κ3) is 6.05. The van der Waals surface area contributed by atoms with Crippen molar-refractivity contribution < 1.29 is 14.3 Å². The predicted molar refractivity (Wildman–Crippen MR) is 173 cm³/mol. The van der Waals surface area contributed by atoms with Gasteiger partial charge in [0.2, 0.25) is 5.91 Å². The molecule has 0 fully saturated rings. The predicted octanol–water partition coefficient (Wildman–Crippen LogP) is 8.37. The fraction of sp³-hybridized carbons (Fsp3) is 0.219. The lowest BCUT2D eigenvalue weighted by molar-refractivity contribution is -0.124. The van der Waals surface area contributed by atoms with Crippen LogP contribution in [0.15, 0.2) is 72.8 Å². The van der Waals surface area contributed by atoms with Crippen LogP contribution in [0.1, 0.15) is 11.1 Å². The molecular formula is C32H27Cl5N2O3. The number of halogens is 5. The van der Waals surface area contributed by atoms with Crippen molar-refractivity contribution in [3.05, 3.63) is 104 Å². The zero-order valence-electron chi connectivity index (χ0n) is 22.5. The fourth-order valence-corrected chi connectivity index (χ4v) is 6.67. The van der Waals surface area contributed by atoms with Crippen LogP contribution < -0.4 is 14.8 Å². The summed E-state index contributed by atoms with van der Waals surface area (Å²) in [4.78, 5) is 14.8. The highest BCUT2D eigenvalue weighted by molar-refractivity contribution is 6.40. The summed E-state index contributed by atoms with van der Waals surface area (Å²) >= 11 is 25.9. The molecule has 2 unspecified atom stereocenters. The molecule has 0 aromatic heterocycles. The maximum absolute atomic E-state index is 12.9. The summed E-state index contributed by atoms with van der Waals surface area (Å²) in [6.07, 6.45) is 0.823. The number of fused-ring (bicyclic) bond motifs is 2. The van der Waals surface area contributed by atoms with E-state index in [1.165, 1.54) is 0 Å². The highest BCUT2D eigenvalue weighted by Crippen LogP contribution is 2.45. The molecule has 2 aliphatic rings. The van der Waals surface area contributed by atoms with Crippen molar-refractivity contribution >= 4 is 64.7 Å². The number of para-hydroxylation sites is 2. The zero-order valence-corrected chi connectivity index (χ0v) is 26.3. The number of hydrogen-bond acceptors (Lipinski definition) is 4. The quantitative estimate of drug-likeness (QED) is 0.216. The molecule has 6 rings (SSSR count). The van der Waals surface area contributed by atoms with E-state index < -0.39 is 0 Å². The number of likely N-dealkylation sites (N-methyl/N-ethyl adjacent to an activating group) is 1. The number of rotatable bonds is 7. The van der Waals surface area contributed by atoms with E-state index in [4.69, 9.17) is 55.9 Å². The Hall–Kier alpha value is -2.64. The second-order valence-corrected chi connectivity index (χ2v) is 11.8. The molecule has 2 atom stereocenters. The first kappa shape index (κ1) is 30.8. The van der Waals surface area contributed by atoms with Gasteiger partial charge in [-0.25, -0.2) is 0 Å². The first-order valence-corrected chi connectivity index (χ1v) is 14.7. The standard InChI is InChI=1S/C32H26Cl4N2O3.ClH/c1-38(28-15-19-7-3-9-22(32(19)41-28)30-25(35)12-5-13-26(30)36)17-27(39)37-16-20-14-18-6-2-8-21(31(18)40-20)29-23(33)10-4-11-24(29)34;/h2-13,20,28H,14-17H2,1H3,(H,37,39);1H. The Morgan fingerprint density at radius 3 is 1.79 bits per heavy atom. The van der Waals surface area contributed by atoms with Crippen LogP contribution in [-0.2, 0) is 17.6 Å². The second-order valence-electron chi connectivity index (χ2n) is 10.2. The Morgan fingerprint density at radius 2 is 1.24 bits per heavy atom. The van der Waals surface area contributed by atoms with E-state index in [0.717, 1.165) is 44.9 Å². The van der Waals surface area contributed by atoms with E-state index >= 15 is 0 Å². The van der Waals surface area contributed by atoms with Crippen molar-refractivity contribution in [2.24, 2.45) is 0 Å². The molecule has 0 spiro atoms. The number of carbonyl (C=O) groups excluding carboxylic acids is 1. The Kier molecular flexibility index (Phi) is 9.48. The SMILES string of the molecule is CN(CC(=O)NCC1Cc2cccc(-c3c(Cl)cccc3Cl)c2O1)C1Cc2cccc(-c3c(Cl)cccc3Cl)c2O1.Cl. The van der Waals surface area contributed by atoms with Gasteiger partial charge in [-0.3, -0.25) is 9.69 Å². The second kappa shape index (κ2) is 12.9. The lowest BCUT2D eigenvalue weighted by atomic mass is 10.0. The zero-order chi connectivity index (χ0) is 28.7. The van der Waals surface area contributed by atoms with Gasteiger partial charge >= 0.3 is 0 Å². The minimum absolute atomic E-state index is 0. The molecule has 0 saturated heterocycles. The molecule has 2 aliphatic heterocycles. The Balaban J connectivity index is 0.00000353. The molecule has 4 aromatic carbocycles. The van der Waals surface area contributed by atoms with Gasteiger partial charge in [0.15, 0.2) is 6.23 Å². The Labute approximate surface area is 271 Å². The first-order chi connectivity index (χ1) is 19.8. The smallest absolute Gasteiger partial charge is 0.234 e. The van der Waals surface area contributed by atoms with Gasteiger partial charge < -0.3 is 14.8 Å². The highest BCUT2D eigenvalue weighted by Gasteiger charge is 2.31. The van der Waals surface area contributed by atoms with Crippen molar-refractivity contribution in [3.8, 4) is 33.8 Å². The number of amides is 1. The highest BCUT2D eigenvalue weighted by atomic mass is 35.5. The molecule has 1 amide bonds. The van der Waals surface area contributed by atoms with E-state index in [2.05, 4.69) is 5.32 Å². The maximum atomic E-state index is 12.9. The summed E-state index contributed by atoms with van der Waals surface area (Å²) in [6.45, 7) is 0.541. The summed E-state index contributed by atoms with van der Waals surface area (Å²) in [5.41, 5.74) is 5.28. The van der Waals surface area contributed by atoms with Gasteiger partial charge in [0.05, 0.1) is 33.2 Å². The van der Waals surface area contributed by atoms with Crippen LogP contribution in [0.4, 0.5) is 0 Å². The molecule has 1 N–H and O–H groups in total. The largest absolute Gasteiger partial charge is 0.487 e. The molecule has 0 bridgehead atoms. The summed E-state index contributed by atoms with van der Waals surface area (Å²) in [5.74, 6) is 1.38. The van der Waals surface area contributed by atoms with Crippen molar-refractivity contribution in [2.75, 3.05) is 20.1 Å². The van der Waals surface area contributed by atoms with Crippen molar-refractivity contribution in [1.82, 2.24) is 10.2 Å². The van der Waals surface area contributed by atoms with Crippen LogP contribution >= 0.6 is 58.8 Å². The first-order valence-electron chi connectivity index (χ1n) is 13.2. The van der Waals surface area contributed by atoms with E-state index in [0.29, 0.717) is 39.5 Å². The summed E-state index contributed by atoms with van der Waals surface area (Å²) in [5, 5.41) is 5.26. The van der Waals surface area contributed by atoms with Crippen LogP contribution in [0.3, 0.4) is 0 Å². The van der Waals surface area contributed by atoms with Crippen LogP contribution in [0.25, 0.3) is 22.3 Å². The molecule has 0 aliphatic carbocycles. The molecule has 5 nitrogen and oxygen atoms in total. The summed E-state index contributed by atoms with van der Waals surface area (Å²) in [7, 11) is 1.87. The molecule has 0 radical (unpaired) electrons. The van der Waals surface area contributed by atoms with E-state index in [9.17, 15) is 4.79 Å². The van der Waals surface area contributed by atoms with Gasteiger partial charge in [-0.2, -0.15) is 0 Å². The van der Waals surface area contributed by atoms with Gasteiger partial charge in [0.1, 0.15) is 17.6 Å². The van der Waals surface area contributed by atoms with E-state index in [1.807, 2.05) is 84.7 Å². The maximum Gasteiger partial charge on any atom is 0.234 e. The van der Waals surface area contributed by atoms with Crippen LogP contribution in [0.2, 0.25) is 20.1 Å². The van der Waals surface area contributed by atoms with E-state index in [1.54, 1.807) is 0 Å². The minimum Gasteiger partial charge on any atom is -0.487 e. The lowest BCUT2D eigenvalue weighted by Crippen LogP contribution is -2.44. The Morgan fingerprint density at radius 1 is 0.762 bits per heavy atom. The topological polar surface area (TPSA) is 50.8 Å². The normalized spacial score (nSPS) is 16.7. The number of nitrogens with one attached hydrogen (secondary N) is 1. The summed E-state index contributed by atoms with van der Waals surface area (Å²) in [6, 6.07) is 22.8. The molecule has 42 heavy (non-hydrogen) atoms. The van der Waals surface area contributed by atoms with Crippen molar-refractivity contribution in [1.29, 1.82) is 0 Å². The monoisotopic (exact) mass is 662 g/mol. The lowest BCUT2D eigenvalue weighted by Gasteiger charge is -2.24. The average Bonchev–Trinajstić information content (AvgIpc) is 3.57. The van der Waals surface area contributed by atoms with Crippen LogP contribution in [0, 0.1) is 0 Å². The number of benzene rings is 4. The van der Waals surface area contributed by atoms with Gasteiger partial charge in [-0.15, -0.1) is 12.4 Å². The Bertz CT molecular complexity index is 1610. The third-order valence-corrected chi connectivity index (χ3v) is 8.71. The van der Waals surface area contributed by atoms with Crippen LogP contribution in [0.5, 0.6) is 11.5 Å². The number of ether oxygens (including phenoxy) is 2. The van der Waals surface area contributed by atoms with Crippen LogP contribution in [-0.4, -0.2) is 43.3 Å². The minimum atomic E-state index is -0.298. The molecule has 10 heteroatoms. The van der Waals surface area contributed by atoms with Gasteiger partial charge in [-0.05, 0) is 42.4 Å². The number of carbonyl (C=O) groups is 1. The summed E-state index contributed by atoms with van der Waals surface area (Å²) < 4.78 is 12.6. The number of hydrogen-bond donors (Lipinski definition) is 1. The van der Waals surface area contributed by atoms with Crippen molar-refractivity contribution in [2.45, 2.75) is 25.2 Å².